The molecule has 0 aliphatic rings. The van der Waals surface area contributed by atoms with Crippen LogP contribution in [0.3, 0.4) is 0 Å². The van der Waals surface area contributed by atoms with Crippen molar-refractivity contribution in [3.63, 3.8) is 0 Å². The molecule has 0 saturated heterocycles. The first kappa shape index (κ1) is 11.2. The molecule has 14 heavy (non-hydrogen) atoms. The van der Waals surface area contributed by atoms with Crippen molar-refractivity contribution in [3.8, 4) is 0 Å². The van der Waals surface area contributed by atoms with Gasteiger partial charge in [-0.1, -0.05) is 15.9 Å². The zero-order valence-corrected chi connectivity index (χ0v) is 8.39. The van der Waals surface area contributed by atoms with E-state index in [9.17, 15) is 18.0 Å². The lowest BCUT2D eigenvalue weighted by Crippen LogP contribution is -2.03. The first-order chi connectivity index (χ1) is 6.61. The molecule has 76 valence electrons. The van der Waals surface area contributed by atoms with E-state index in [-0.39, 0.29) is 22.7 Å². The van der Waals surface area contributed by atoms with Gasteiger partial charge in [-0.15, -0.1) is 0 Å². The Bertz CT molecular complexity index is 357. The van der Waals surface area contributed by atoms with Crippen LogP contribution in [0.1, 0.15) is 27.9 Å². The van der Waals surface area contributed by atoms with E-state index in [1.54, 1.807) is 0 Å². The number of hydrogen-bond donors (Lipinski definition) is 0. The molecule has 0 bridgehead atoms. The number of alkyl halides is 3. The van der Waals surface area contributed by atoms with Gasteiger partial charge in [-0.2, -0.15) is 4.39 Å². The molecule has 1 aromatic rings. The molecular weight excluding hydrogens is 263 g/mol. The Morgan fingerprint density at radius 2 is 2.21 bits per heavy atom. The van der Waals surface area contributed by atoms with Gasteiger partial charge in [0.15, 0.2) is 6.29 Å². The molecule has 0 unspecified atom stereocenters. The molecular formula is C8H5BrF3NO. The molecule has 0 aromatic carbocycles. The fourth-order valence-electron chi connectivity index (χ4n) is 0.999. The molecule has 1 aromatic heterocycles. The molecule has 0 radical (unpaired) electrons. The molecule has 1 rings (SSSR count). The molecule has 1 heterocycles. The molecule has 0 amide bonds. The Morgan fingerprint density at radius 3 is 2.64 bits per heavy atom. The van der Waals surface area contributed by atoms with Gasteiger partial charge in [0.05, 0.1) is 0 Å². The van der Waals surface area contributed by atoms with Crippen molar-refractivity contribution in [2.75, 3.05) is 0 Å². The smallest absolute Gasteiger partial charge is 0.266 e. The van der Waals surface area contributed by atoms with Crippen molar-refractivity contribution in [3.05, 3.63) is 28.8 Å². The summed E-state index contributed by atoms with van der Waals surface area (Å²) in [5, 5.41) is -0.0273. The molecule has 6 heteroatoms. The van der Waals surface area contributed by atoms with E-state index in [0.717, 1.165) is 0 Å². The van der Waals surface area contributed by atoms with Crippen LogP contribution < -0.4 is 0 Å². The van der Waals surface area contributed by atoms with Crippen molar-refractivity contribution in [1.82, 2.24) is 4.98 Å². The Hall–Kier alpha value is -0.910. The molecule has 0 N–H and O–H groups in total. The number of carbonyl (C=O) groups is 1. The summed E-state index contributed by atoms with van der Waals surface area (Å²) in [5.74, 6) is -0.909. The van der Waals surface area contributed by atoms with Gasteiger partial charge in [0.1, 0.15) is 0 Å². The summed E-state index contributed by atoms with van der Waals surface area (Å²) in [6.45, 7) is 0. The van der Waals surface area contributed by atoms with E-state index in [0.29, 0.717) is 6.20 Å². The van der Waals surface area contributed by atoms with Gasteiger partial charge in [-0.05, 0) is 0 Å². The van der Waals surface area contributed by atoms with Crippen molar-refractivity contribution in [2.24, 2.45) is 0 Å². The van der Waals surface area contributed by atoms with E-state index in [1.165, 1.54) is 0 Å². The normalized spacial score (nSPS) is 10.6. The minimum atomic E-state index is -2.83. The molecule has 0 atom stereocenters. The zero-order valence-electron chi connectivity index (χ0n) is 6.81. The van der Waals surface area contributed by atoms with Gasteiger partial charge in [-0.3, -0.25) is 4.79 Å². The van der Waals surface area contributed by atoms with Gasteiger partial charge in [0, 0.05) is 28.2 Å². The largest absolute Gasteiger partial charge is 0.298 e. The lowest BCUT2D eigenvalue weighted by Gasteiger charge is -2.07. The predicted molar refractivity (Wildman–Crippen MR) is 47.2 cm³/mol. The van der Waals surface area contributed by atoms with Gasteiger partial charge in [0.25, 0.3) is 6.43 Å². The van der Waals surface area contributed by atoms with Crippen LogP contribution >= 0.6 is 15.9 Å². The predicted octanol–water partition coefficient (Wildman–Crippen LogP) is 2.87. The maximum absolute atomic E-state index is 12.9. The summed E-state index contributed by atoms with van der Waals surface area (Å²) in [4.78, 5) is 13.7. The third-order valence-electron chi connectivity index (χ3n) is 1.69. The highest BCUT2D eigenvalue weighted by molar-refractivity contribution is 9.08. The Balaban J connectivity index is 3.40. The number of aromatic nitrogens is 1. The maximum atomic E-state index is 12.9. The standard InChI is InChI=1S/C8H5BrF3NO/c9-1-4-6(3-14)5(7(10)11)2-13-8(4)12/h2-3,7H,1H2. The molecule has 2 nitrogen and oxygen atoms in total. The van der Waals surface area contributed by atoms with Gasteiger partial charge < -0.3 is 0 Å². The number of nitrogens with zero attached hydrogens (tertiary/aromatic N) is 1. The summed E-state index contributed by atoms with van der Waals surface area (Å²) in [6.07, 6.45) is -1.94. The van der Waals surface area contributed by atoms with Crippen molar-refractivity contribution in [2.45, 2.75) is 11.8 Å². The lowest BCUT2D eigenvalue weighted by molar-refractivity contribution is 0.110. The van der Waals surface area contributed by atoms with Gasteiger partial charge >= 0.3 is 0 Å². The van der Waals surface area contributed by atoms with Crippen LogP contribution in [-0.2, 0) is 5.33 Å². The van der Waals surface area contributed by atoms with Crippen LogP contribution in [0.25, 0.3) is 0 Å². The van der Waals surface area contributed by atoms with Crippen molar-refractivity contribution in [1.29, 1.82) is 0 Å². The second-order valence-electron chi connectivity index (χ2n) is 2.45. The Morgan fingerprint density at radius 1 is 1.57 bits per heavy atom. The third kappa shape index (κ3) is 1.95. The molecule has 0 aliphatic heterocycles. The maximum Gasteiger partial charge on any atom is 0.266 e. The van der Waals surface area contributed by atoms with E-state index in [4.69, 9.17) is 0 Å². The first-order valence-electron chi connectivity index (χ1n) is 3.58. The third-order valence-corrected chi connectivity index (χ3v) is 2.25. The fourth-order valence-corrected chi connectivity index (χ4v) is 1.53. The van der Waals surface area contributed by atoms with Crippen LogP contribution in [-0.4, -0.2) is 11.3 Å². The zero-order chi connectivity index (χ0) is 10.7. The number of rotatable bonds is 3. The fraction of sp³-hybridized carbons (Fsp3) is 0.250. The average molecular weight is 268 g/mol. The van der Waals surface area contributed by atoms with Crippen molar-refractivity contribution < 1.29 is 18.0 Å². The van der Waals surface area contributed by atoms with E-state index in [1.807, 2.05) is 0 Å². The highest BCUT2D eigenvalue weighted by atomic mass is 79.9. The number of hydrogen-bond acceptors (Lipinski definition) is 2. The second-order valence-corrected chi connectivity index (χ2v) is 3.01. The number of halogens is 4. The highest BCUT2D eigenvalue weighted by Crippen LogP contribution is 2.25. The van der Waals surface area contributed by atoms with Crippen LogP contribution in [0, 0.1) is 5.95 Å². The highest BCUT2D eigenvalue weighted by Gasteiger charge is 2.19. The number of carbonyl (C=O) groups excluding carboxylic acids is 1. The Labute approximate surface area is 86.3 Å². The summed E-state index contributed by atoms with van der Waals surface area (Å²) in [5.41, 5.74) is -1.02. The van der Waals surface area contributed by atoms with Crippen molar-refractivity contribution >= 4 is 22.2 Å². The van der Waals surface area contributed by atoms with E-state index < -0.39 is 17.9 Å². The molecule has 0 saturated carbocycles. The quantitative estimate of drug-likeness (QED) is 0.479. The molecule has 0 fully saturated rings. The summed E-state index contributed by atoms with van der Waals surface area (Å²) < 4.78 is 37.6. The van der Waals surface area contributed by atoms with Crippen LogP contribution in [0.4, 0.5) is 13.2 Å². The summed E-state index contributed by atoms with van der Waals surface area (Å²) in [7, 11) is 0. The van der Waals surface area contributed by atoms with Crippen LogP contribution in [0.2, 0.25) is 0 Å². The number of pyridine rings is 1. The first-order valence-corrected chi connectivity index (χ1v) is 4.70. The molecule has 0 spiro atoms. The van der Waals surface area contributed by atoms with Crippen LogP contribution in [0.15, 0.2) is 6.20 Å². The van der Waals surface area contributed by atoms with Crippen LogP contribution in [0.5, 0.6) is 0 Å². The second kappa shape index (κ2) is 4.54. The average Bonchev–Trinajstić information content (AvgIpc) is 2.16. The van der Waals surface area contributed by atoms with E-state index in [2.05, 4.69) is 20.9 Å². The summed E-state index contributed by atoms with van der Waals surface area (Å²) >= 11 is 2.90. The minimum absolute atomic E-state index is 0.0273. The van der Waals surface area contributed by atoms with E-state index >= 15 is 0 Å². The Kier molecular flexibility index (Phi) is 3.62. The SMILES string of the molecule is O=Cc1c(C(F)F)cnc(F)c1CBr. The molecule has 0 aliphatic carbocycles. The topological polar surface area (TPSA) is 30.0 Å². The van der Waals surface area contributed by atoms with Gasteiger partial charge in [-0.25, -0.2) is 13.8 Å². The number of aldehydes is 1. The summed E-state index contributed by atoms with van der Waals surface area (Å²) in [6, 6.07) is 0. The van der Waals surface area contributed by atoms with Gasteiger partial charge in [0.2, 0.25) is 5.95 Å². The lowest BCUT2D eigenvalue weighted by atomic mass is 10.1. The monoisotopic (exact) mass is 267 g/mol. The minimum Gasteiger partial charge on any atom is -0.298 e.